The number of allylic oxidation sites excluding steroid dienone is 1. The van der Waals surface area contributed by atoms with Crippen LogP contribution in [0.25, 0.3) is 0 Å². The predicted octanol–water partition coefficient (Wildman–Crippen LogP) is 1.92. The van der Waals surface area contributed by atoms with Gasteiger partial charge in [0.15, 0.2) is 6.30 Å². The number of aromatic amines is 1. The molecule has 28 heavy (non-hydrogen) atoms. The monoisotopic (exact) mass is 391 g/mol. The molecule has 9 heteroatoms. The second-order valence-corrected chi connectivity index (χ2v) is 7.31. The van der Waals surface area contributed by atoms with Crippen LogP contribution in [0.5, 0.6) is 0 Å². The number of halogens is 1. The summed E-state index contributed by atoms with van der Waals surface area (Å²) in [5, 5.41) is 14.3. The minimum atomic E-state index is -1.20. The molecule has 0 aromatic carbocycles. The third-order valence-corrected chi connectivity index (χ3v) is 5.50. The molecule has 1 aromatic heterocycles. The molecule has 8 nitrogen and oxygen atoms in total. The number of likely N-dealkylation sites (tertiary alicyclic amines) is 1. The van der Waals surface area contributed by atoms with Gasteiger partial charge in [-0.25, -0.2) is 9.45 Å². The average molecular weight is 391 g/mol. The highest BCUT2D eigenvalue weighted by molar-refractivity contribution is 5.94. The number of amides is 1. The van der Waals surface area contributed by atoms with Gasteiger partial charge >= 0.3 is 0 Å². The number of carbonyl (C=O) groups is 1. The van der Waals surface area contributed by atoms with Crippen molar-refractivity contribution >= 4 is 11.7 Å². The largest absolute Gasteiger partial charge is 0.367 e. The molecule has 152 valence electrons. The molecule has 3 unspecified atom stereocenters. The van der Waals surface area contributed by atoms with Gasteiger partial charge in [0.1, 0.15) is 23.9 Å². The Morgan fingerprint density at radius 2 is 2.29 bits per heavy atom. The number of nitrogens with zero attached hydrogens (tertiary/aromatic N) is 3. The highest BCUT2D eigenvalue weighted by Gasteiger charge is 2.33. The number of methoxy groups -OCH3 is 1. The van der Waals surface area contributed by atoms with E-state index in [-0.39, 0.29) is 12.1 Å². The molecule has 1 saturated heterocycles. The summed E-state index contributed by atoms with van der Waals surface area (Å²) in [7, 11) is 1.59. The summed E-state index contributed by atoms with van der Waals surface area (Å²) in [6, 6.07) is 1.83. The maximum absolute atomic E-state index is 13.9. The Morgan fingerprint density at radius 3 is 3.00 bits per heavy atom. The number of hydroxylamine groups is 2. The van der Waals surface area contributed by atoms with Gasteiger partial charge in [0.2, 0.25) is 0 Å². The SMILES string of the molecule is COC(C)NC1C=C(N2CCc3cc(C(=O)N4CCCC4F)[nH]c32)C=CN1O. The zero-order valence-corrected chi connectivity index (χ0v) is 16.1. The smallest absolute Gasteiger partial charge is 0.272 e. The lowest BCUT2D eigenvalue weighted by molar-refractivity contribution is -0.0906. The number of aromatic nitrogens is 1. The molecule has 3 aliphatic rings. The average Bonchev–Trinajstić information content (AvgIpc) is 3.38. The van der Waals surface area contributed by atoms with Gasteiger partial charge in [0, 0.05) is 32.1 Å². The first kappa shape index (κ1) is 19.0. The molecule has 3 N–H and O–H groups in total. The molecule has 0 radical (unpaired) electrons. The minimum absolute atomic E-state index is 0.235. The molecule has 0 saturated carbocycles. The number of rotatable bonds is 5. The van der Waals surface area contributed by atoms with E-state index < -0.39 is 12.5 Å². The first-order valence-electron chi connectivity index (χ1n) is 9.58. The summed E-state index contributed by atoms with van der Waals surface area (Å²) in [6.45, 7) is 3.07. The molecule has 3 aliphatic heterocycles. The molecule has 1 fully saturated rings. The van der Waals surface area contributed by atoms with Crippen LogP contribution in [0.4, 0.5) is 10.2 Å². The molecule has 0 spiro atoms. The van der Waals surface area contributed by atoms with Gasteiger partial charge < -0.3 is 19.5 Å². The summed E-state index contributed by atoms with van der Waals surface area (Å²) >= 11 is 0. The molecular formula is C19H26FN5O3. The van der Waals surface area contributed by atoms with E-state index in [0.717, 1.165) is 35.1 Å². The standard InChI is InChI=1S/C19H26FN5O3/c1-12(28-2)21-17-11-14(6-9-25(17)27)23-8-5-13-10-15(22-18(13)23)19(26)24-7-3-4-16(24)20/h6,9-12,16-17,21-22,27H,3-5,7-8H2,1-2H3. The van der Waals surface area contributed by atoms with Crippen LogP contribution in [-0.2, 0) is 11.2 Å². The molecule has 0 bridgehead atoms. The lowest BCUT2D eigenvalue weighted by atomic mass is 10.2. The number of hydrogen-bond acceptors (Lipinski definition) is 6. The molecule has 4 rings (SSSR count). The van der Waals surface area contributed by atoms with Crippen molar-refractivity contribution in [3.63, 3.8) is 0 Å². The van der Waals surface area contributed by atoms with Crippen molar-refractivity contribution in [1.29, 1.82) is 0 Å². The van der Waals surface area contributed by atoms with Gasteiger partial charge in [-0.1, -0.05) is 0 Å². The topological polar surface area (TPSA) is 84.1 Å². The van der Waals surface area contributed by atoms with Gasteiger partial charge in [0.25, 0.3) is 5.91 Å². The highest BCUT2D eigenvalue weighted by Crippen LogP contribution is 2.33. The number of carbonyl (C=O) groups excluding carboxylic acids is 1. The van der Waals surface area contributed by atoms with Gasteiger partial charge in [-0.2, -0.15) is 0 Å². The number of H-pyrrole nitrogens is 1. The van der Waals surface area contributed by atoms with E-state index in [1.807, 2.05) is 25.1 Å². The fourth-order valence-corrected chi connectivity index (χ4v) is 3.90. The number of hydrogen-bond donors (Lipinski definition) is 3. The van der Waals surface area contributed by atoms with E-state index in [9.17, 15) is 14.4 Å². The Bertz CT molecular complexity index is 807. The van der Waals surface area contributed by atoms with Gasteiger partial charge in [-0.15, -0.1) is 0 Å². The summed E-state index contributed by atoms with van der Waals surface area (Å²) in [4.78, 5) is 19.2. The molecular weight excluding hydrogens is 365 g/mol. The fourth-order valence-electron chi connectivity index (χ4n) is 3.90. The van der Waals surface area contributed by atoms with Crippen molar-refractivity contribution in [2.24, 2.45) is 0 Å². The van der Waals surface area contributed by atoms with Crippen molar-refractivity contribution in [3.8, 4) is 0 Å². The van der Waals surface area contributed by atoms with Crippen molar-refractivity contribution < 1.29 is 19.1 Å². The molecule has 1 amide bonds. The van der Waals surface area contributed by atoms with Crippen LogP contribution in [0.3, 0.4) is 0 Å². The normalized spacial score (nSPS) is 25.3. The van der Waals surface area contributed by atoms with Crippen LogP contribution in [0.2, 0.25) is 0 Å². The fraction of sp³-hybridized carbons (Fsp3) is 0.526. The van der Waals surface area contributed by atoms with Crippen molar-refractivity contribution in [2.45, 2.75) is 44.9 Å². The Morgan fingerprint density at radius 1 is 1.46 bits per heavy atom. The van der Waals surface area contributed by atoms with Crippen molar-refractivity contribution in [2.75, 3.05) is 25.1 Å². The van der Waals surface area contributed by atoms with E-state index in [1.54, 1.807) is 13.3 Å². The Kier molecular flexibility index (Phi) is 5.13. The molecule has 3 atom stereocenters. The summed E-state index contributed by atoms with van der Waals surface area (Å²) in [5.41, 5.74) is 2.36. The van der Waals surface area contributed by atoms with E-state index in [2.05, 4.69) is 15.2 Å². The van der Waals surface area contributed by atoms with E-state index >= 15 is 0 Å². The summed E-state index contributed by atoms with van der Waals surface area (Å²) in [6.07, 6.45) is 5.31. The predicted molar refractivity (Wildman–Crippen MR) is 101 cm³/mol. The third-order valence-electron chi connectivity index (χ3n) is 5.50. The Labute approximate surface area is 163 Å². The number of nitrogens with one attached hydrogen (secondary N) is 2. The van der Waals surface area contributed by atoms with Crippen LogP contribution in [-0.4, -0.2) is 65.0 Å². The molecule has 4 heterocycles. The zero-order chi connectivity index (χ0) is 19.8. The lowest BCUT2D eigenvalue weighted by Gasteiger charge is -2.31. The quantitative estimate of drug-likeness (QED) is 0.525. The maximum Gasteiger partial charge on any atom is 0.272 e. The van der Waals surface area contributed by atoms with Gasteiger partial charge in [-0.05, 0) is 50.0 Å². The number of ether oxygens (including phenoxy) is 1. The van der Waals surface area contributed by atoms with Crippen LogP contribution < -0.4 is 10.2 Å². The Balaban J connectivity index is 1.54. The number of alkyl halides is 1. The van der Waals surface area contributed by atoms with Crippen LogP contribution in [0, 0.1) is 0 Å². The molecule has 1 aromatic rings. The Hall–Kier alpha value is -2.36. The van der Waals surface area contributed by atoms with E-state index in [1.165, 1.54) is 4.90 Å². The second-order valence-electron chi connectivity index (χ2n) is 7.31. The van der Waals surface area contributed by atoms with Gasteiger partial charge in [-0.3, -0.25) is 15.3 Å². The number of fused-ring (bicyclic) bond motifs is 1. The summed E-state index contributed by atoms with van der Waals surface area (Å²) in [5.74, 6) is 0.557. The highest BCUT2D eigenvalue weighted by atomic mass is 19.1. The van der Waals surface area contributed by atoms with Crippen LogP contribution in [0.15, 0.2) is 30.1 Å². The van der Waals surface area contributed by atoms with Gasteiger partial charge in [0.05, 0.1) is 0 Å². The zero-order valence-electron chi connectivity index (χ0n) is 16.1. The van der Waals surface area contributed by atoms with E-state index in [4.69, 9.17) is 4.74 Å². The second kappa shape index (κ2) is 7.57. The van der Waals surface area contributed by atoms with Crippen molar-refractivity contribution in [3.05, 3.63) is 41.4 Å². The van der Waals surface area contributed by atoms with Crippen molar-refractivity contribution in [1.82, 2.24) is 20.3 Å². The van der Waals surface area contributed by atoms with Crippen LogP contribution in [0.1, 0.15) is 35.8 Å². The molecule has 0 aliphatic carbocycles. The minimum Gasteiger partial charge on any atom is -0.367 e. The van der Waals surface area contributed by atoms with E-state index in [0.29, 0.717) is 25.1 Å². The number of anilines is 1. The first-order valence-corrected chi connectivity index (χ1v) is 9.58. The third kappa shape index (κ3) is 3.41. The first-order chi connectivity index (χ1) is 13.5. The lowest BCUT2D eigenvalue weighted by Crippen LogP contribution is -2.46. The van der Waals surface area contributed by atoms with Crippen LogP contribution >= 0.6 is 0 Å². The summed E-state index contributed by atoms with van der Waals surface area (Å²) < 4.78 is 19.1. The maximum atomic E-state index is 13.9.